The predicted octanol–water partition coefficient (Wildman–Crippen LogP) is 3.32. The topological polar surface area (TPSA) is 46.9 Å². The average molecular weight is 295 g/mol. The van der Waals surface area contributed by atoms with Crippen LogP contribution in [0.4, 0.5) is 10.1 Å². The molecule has 5 heteroatoms. The van der Waals surface area contributed by atoms with Gasteiger partial charge in [-0.25, -0.2) is 4.39 Å². The molecule has 1 heterocycles. The number of nitrogens with one attached hydrogen (secondary N) is 1. The highest BCUT2D eigenvalue weighted by Crippen LogP contribution is 2.14. The number of anilines is 1. The number of amides is 1. The molecular weight excluding hydrogens is 281 g/mol. The SMILES string of the molecule is O=C(Nc1cccc(Cn2cccn2)c1)c1ccccc1F. The Labute approximate surface area is 127 Å². The minimum atomic E-state index is -0.535. The first-order valence-corrected chi connectivity index (χ1v) is 6.84. The molecule has 1 aromatic heterocycles. The highest BCUT2D eigenvalue weighted by Gasteiger charge is 2.11. The maximum atomic E-state index is 13.6. The summed E-state index contributed by atoms with van der Waals surface area (Å²) in [5, 5.41) is 6.85. The Morgan fingerprint density at radius 1 is 1.14 bits per heavy atom. The number of hydrogen-bond donors (Lipinski definition) is 1. The van der Waals surface area contributed by atoms with Crippen LogP contribution in [-0.4, -0.2) is 15.7 Å². The Kier molecular flexibility index (Phi) is 3.96. The third kappa shape index (κ3) is 3.20. The van der Waals surface area contributed by atoms with Crippen LogP contribution in [0.3, 0.4) is 0 Å². The molecule has 0 aliphatic heterocycles. The highest BCUT2D eigenvalue weighted by atomic mass is 19.1. The Morgan fingerprint density at radius 3 is 2.77 bits per heavy atom. The van der Waals surface area contributed by atoms with Crippen molar-refractivity contribution in [2.75, 3.05) is 5.32 Å². The van der Waals surface area contributed by atoms with Crippen LogP contribution in [0, 0.1) is 5.82 Å². The van der Waals surface area contributed by atoms with E-state index in [0.717, 1.165) is 5.56 Å². The number of hydrogen-bond acceptors (Lipinski definition) is 2. The molecule has 4 nitrogen and oxygen atoms in total. The molecule has 0 aliphatic rings. The van der Waals surface area contributed by atoms with E-state index in [4.69, 9.17) is 0 Å². The molecule has 0 radical (unpaired) electrons. The van der Waals surface area contributed by atoms with E-state index in [1.54, 1.807) is 29.1 Å². The van der Waals surface area contributed by atoms with Gasteiger partial charge in [0.1, 0.15) is 5.82 Å². The molecule has 110 valence electrons. The number of carbonyl (C=O) groups excluding carboxylic acids is 1. The Balaban J connectivity index is 1.75. The van der Waals surface area contributed by atoms with Crippen LogP contribution in [0.15, 0.2) is 67.0 Å². The minimum absolute atomic E-state index is 0.0278. The smallest absolute Gasteiger partial charge is 0.258 e. The lowest BCUT2D eigenvalue weighted by molar-refractivity contribution is 0.102. The van der Waals surface area contributed by atoms with Gasteiger partial charge >= 0.3 is 0 Å². The molecule has 0 bridgehead atoms. The molecule has 3 rings (SSSR count). The van der Waals surface area contributed by atoms with Crippen LogP contribution >= 0.6 is 0 Å². The standard InChI is InChI=1S/C17H14FN3O/c18-16-8-2-1-7-15(16)17(22)20-14-6-3-5-13(11-14)12-21-10-4-9-19-21/h1-11H,12H2,(H,20,22). The fourth-order valence-corrected chi connectivity index (χ4v) is 2.17. The fourth-order valence-electron chi connectivity index (χ4n) is 2.17. The maximum Gasteiger partial charge on any atom is 0.258 e. The van der Waals surface area contributed by atoms with Crippen LogP contribution in [0.1, 0.15) is 15.9 Å². The largest absolute Gasteiger partial charge is 0.322 e. The summed E-state index contributed by atoms with van der Waals surface area (Å²) in [4.78, 5) is 12.1. The lowest BCUT2D eigenvalue weighted by Gasteiger charge is -2.08. The molecule has 22 heavy (non-hydrogen) atoms. The zero-order valence-corrected chi connectivity index (χ0v) is 11.7. The molecule has 0 saturated carbocycles. The van der Waals surface area contributed by atoms with E-state index in [-0.39, 0.29) is 5.56 Å². The van der Waals surface area contributed by atoms with Crippen LogP contribution in [0.25, 0.3) is 0 Å². The summed E-state index contributed by atoms with van der Waals surface area (Å²) in [6.07, 6.45) is 3.58. The lowest BCUT2D eigenvalue weighted by atomic mass is 10.1. The van der Waals surface area contributed by atoms with Gasteiger partial charge < -0.3 is 5.32 Å². The van der Waals surface area contributed by atoms with Gasteiger partial charge in [0.05, 0.1) is 12.1 Å². The summed E-state index contributed by atoms with van der Waals surface area (Å²) in [6.45, 7) is 0.608. The first kappa shape index (κ1) is 14.0. The van der Waals surface area contributed by atoms with Crippen molar-refractivity contribution >= 4 is 11.6 Å². The molecule has 1 N–H and O–H groups in total. The van der Waals surface area contributed by atoms with Gasteiger partial charge in [0.15, 0.2) is 0 Å². The third-order valence-corrected chi connectivity index (χ3v) is 3.21. The molecule has 0 fully saturated rings. The summed E-state index contributed by atoms with van der Waals surface area (Å²) >= 11 is 0. The Hall–Kier alpha value is -2.95. The Bertz CT molecular complexity index is 784. The summed E-state index contributed by atoms with van der Waals surface area (Å²) in [7, 11) is 0. The van der Waals surface area contributed by atoms with Crippen LogP contribution in [0.5, 0.6) is 0 Å². The van der Waals surface area contributed by atoms with E-state index in [1.165, 1.54) is 12.1 Å². The molecule has 0 atom stereocenters. The van der Waals surface area contributed by atoms with Crippen molar-refractivity contribution < 1.29 is 9.18 Å². The van der Waals surface area contributed by atoms with Gasteiger partial charge in [-0.1, -0.05) is 24.3 Å². The van der Waals surface area contributed by atoms with Crippen LogP contribution < -0.4 is 5.32 Å². The lowest BCUT2D eigenvalue weighted by Crippen LogP contribution is -2.13. The molecule has 0 aliphatic carbocycles. The van der Waals surface area contributed by atoms with E-state index in [9.17, 15) is 9.18 Å². The molecular formula is C17H14FN3O. The molecule has 3 aromatic rings. The van der Waals surface area contributed by atoms with E-state index in [0.29, 0.717) is 12.2 Å². The number of rotatable bonds is 4. The predicted molar refractivity (Wildman–Crippen MR) is 82.1 cm³/mol. The number of carbonyl (C=O) groups is 1. The van der Waals surface area contributed by atoms with E-state index in [1.807, 2.05) is 30.5 Å². The molecule has 2 aromatic carbocycles. The second-order valence-corrected chi connectivity index (χ2v) is 4.84. The average Bonchev–Trinajstić information content (AvgIpc) is 3.01. The van der Waals surface area contributed by atoms with Gasteiger partial charge in [-0.05, 0) is 35.9 Å². The number of nitrogens with zero attached hydrogens (tertiary/aromatic N) is 2. The first-order valence-electron chi connectivity index (χ1n) is 6.84. The summed E-state index contributed by atoms with van der Waals surface area (Å²) < 4.78 is 15.4. The normalized spacial score (nSPS) is 10.4. The van der Waals surface area contributed by atoms with E-state index in [2.05, 4.69) is 10.4 Å². The van der Waals surface area contributed by atoms with Gasteiger partial charge in [-0.3, -0.25) is 9.48 Å². The highest BCUT2D eigenvalue weighted by molar-refractivity contribution is 6.04. The van der Waals surface area contributed by atoms with Gasteiger partial charge in [0.2, 0.25) is 0 Å². The first-order chi connectivity index (χ1) is 10.7. The zero-order valence-electron chi connectivity index (χ0n) is 11.7. The van der Waals surface area contributed by atoms with Crippen molar-refractivity contribution in [2.45, 2.75) is 6.54 Å². The second kappa shape index (κ2) is 6.22. The minimum Gasteiger partial charge on any atom is -0.322 e. The van der Waals surface area contributed by atoms with Crippen molar-refractivity contribution in [1.29, 1.82) is 0 Å². The van der Waals surface area contributed by atoms with Crippen LogP contribution in [0.2, 0.25) is 0 Å². The molecule has 0 unspecified atom stereocenters. The van der Waals surface area contributed by atoms with Gasteiger partial charge in [-0.2, -0.15) is 5.10 Å². The van der Waals surface area contributed by atoms with Crippen molar-refractivity contribution in [1.82, 2.24) is 9.78 Å². The summed E-state index contributed by atoms with van der Waals surface area (Å²) in [5.41, 5.74) is 1.65. The summed E-state index contributed by atoms with van der Waals surface area (Å²) in [5.74, 6) is -0.998. The number of benzene rings is 2. The zero-order chi connectivity index (χ0) is 15.4. The Morgan fingerprint density at radius 2 is 2.00 bits per heavy atom. The van der Waals surface area contributed by atoms with Crippen molar-refractivity contribution in [3.05, 3.63) is 83.9 Å². The molecule has 0 saturated heterocycles. The van der Waals surface area contributed by atoms with Crippen molar-refractivity contribution in [3.8, 4) is 0 Å². The van der Waals surface area contributed by atoms with Gasteiger partial charge in [0, 0.05) is 18.1 Å². The van der Waals surface area contributed by atoms with Crippen LogP contribution in [-0.2, 0) is 6.54 Å². The molecule has 1 amide bonds. The second-order valence-electron chi connectivity index (χ2n) is 4.84. The number of halogens is 1. The van der Waals surface area contributed by atoms with Crippen molar-refractivity contribution in [3.63, 3.8) is 0 Å². The van der Waals surface area contributed by atoms with Crippen molar-refractivity contribution in [2.24, 2.45) is 0 Å². The third-order valence-electron chi connectivity index (χ3n) is 3.21. The number of aromatic nitrogens is 2. The van der Waals surface area contributed by atoms with Gasteiger partial charge in [0.25, 0.3) is 5.91 Å². The summed E-state index contributed by atoms with van der Waals surface area (Å²) in [6, 6.07) is 15.2. The monoisotopic (exact) mass is 295 g/mol. The molecule has 0 spiro atoms. The van der Waals surface area contributed by atoms with Gasteiger partial charge in [-0.15, -0.1) is 0 Å². The maximum absolute atomic E-state index is 13.6. The fraction of sp³-hybridized carbons (Fsp3) is 0.0588. The van der Waals surface area contributed by atoms with E-state index >= 15 is 0 Å². The van der Waals surface area contributed by atoms with E-state index < -0.39 is 11.7 Å². The quantitative estimate of drug-likeness (QED) is 0.802.